The van der Waals surface area contributed by atoms with Crippen LogP contribution in [0.5, 0.6) is 0 Å². The summed E-state index contributed by atoms with van der Waals surface area (Å²) in [5.41, 5.74) is -0.649. The Kier molecular flexibility index (Phi) is 5.94. The number of furan rings is 1. The number of aromatic nitrogens is 2. The summed E-state index contributed by atoms with van der Waals surface area (Å²) in [6.07, 6.45) is 6.60. The maximum absolute atomic E-state index is 14.4. The predicted octanol–water partition coefficient (Wildman–Crippen LogP) is 4.83. The molecule has 0 aliphatic heterocycles. The van der Waals surface area contributed by atoms with Gasteiger partial charge < -0.3 is 14.3 Å². The molecular weight excluding hydrogens is 408 g/mol. The minimum Gasteiger partial charge on any atom is -0.455 e. The Morgan fingerprint density at radius 3 is 2.63 bits per heavy atom. The van der Waals surface area contributed by atoms with Crippen molar-refractivity contribution in [3.05, 3.63) is 71.4 Å². The Morgan fingerprint density at radius 1 is 1.23 bits per heavy atom. The Morgan fingerprint density at radius 2 is 1.97 bits per heavy atom. The Bertz CT molecular complexity index is 1020. The Labute approximate surface area is 177 Å². The molecule has 1 N–H and O–H groups in total. The maximum atomic E-state index is 14.4. The number of nitrogens with zero attached hydrogens (tertiary/aromatic N) is 2. The third kappa shape index (κ3) is 4.14. The highest BCUT2D eigenvalue weighted by Gasteiger charge is 2.40. The smallest absolute Gasteiger partial charge is 0.287 e. The average molecular weight is 432 g/mol. The molecule has 0 radical (unpaired) electrons. The molecule has 0 bridgehead atoms. The number of carbonyl (C=O) groups excluding carboxylic acids is 1. The van der Waals surface area contributed by atoms with Crippen molar-refractivity contribution < 1.29 is 18.0 Å². The minimum absolute atomic E-state index is 0.0781. The largest absolute Gasteiger partial charge is 0.455 e. The molecule has 158 valence electrons. The summed E-state index contributed by atoms with van der Waals surface area (Å²) in [7, 11) is 1.91. The molecule has 4 rings (SSSR count). The standard InChI is InChI=1S/C22H23F2N3O2S/c1-27-12-11-25-21(27)30-13-15-7-8-18(29-15)20(28)26-14-22(9-2-3-10-22)19-16(23)5-4-6-17(19)24/h4-8,11-12H,2-3,9-10,13-14H2,1H3,(H,26,28). The van der Waals surface area contributed by atoms with Gasteiger partial charge in [-0.25, -0.2) is 13.8 Å². The van der Waals surface area contributed by atoms with Crippen LogP contribution in [0.3, 0.4) is 0 Å². The van der Waals surface area contributed by atoms with Crippen LogP contribution in [0.2, 0.25) is 0 Å². The molecule has 1 aromatic carbocycles. The molecule has 1 saturated carbocycles. The highest BCUT2D eigenvalue weighted by atomic mass is 32.2. The molecule has 2 aromatic heterocycles. The number of thioether (sulfide) groups is 1. The molecule has 1 amide bonds. The number of halogens is 2. The van der Waals surface area contributed by atoms with E-state index in [0.29, 0.717) is 24.4 Å². The van der Waals surface area contributed by atoms with Gasteiger partial charge in [-0.15, -0.1) is 0 Å². The number of nitrogens with one attached hydrogen (secondary N) is 1. The van der Waals surface area contributed by atoms with Crippen molar-refractivity contribution in [1.29, 1.82) is 0 Å². The Balaban J connectivity index is 1.42. The fraction of sp³-hybridized carbons (Fsp3) is 0.364. The first-order valence-electron chi connectivity index (χ1n) is 9.90. The van der Waals surface area contributed by atoms with Crippen molar-refractivity contribution in [3.63, 3.8) is 0 Å². The normalized spacial score (nSPS) is 15.4. The number of rotatable bonds is 7. The van der Waals surface area contributed by atoms with Crippen LogP contribution in [0, 0.1) is 11.6 Å². The van der Waals surface area contributed by atoms with Crippen molar-refractivity contribution in [2.45, 2.75) is 42.0 Å². The molecule has 0 spiro atoms. The van der Waals surface area contributed by atoms with Gasteiger partial charge in [-0.1, -0.05) is 30.7 Å². The third-order valence-corrected chi connectivity index (χ3v) is 6.73. The first-order chi connectivity index (χ1) is 14.5. The second-order valence-electron chi connectivity index (χ2n) is 7.64. The van der Waals surface area contributed by atoms with Crippen LogP contribution in [0.1, 0.15) is 47.6 Å². The lowest BCUT2D eigenvalue weighted by Crippen LogP contribution is -2.40. The minimum atomic E-state index is -0.728. The zero-order valence-electron chi connectivity index (χ0n) is 16.7. The summed E-state index contributed by atoms with van der Waals surface area (Å²) in [4.78, 5) is 16.9. The summed E-state index contributed by atoms with van der Waals surface area (Å²) in [5.74, 6) is -0.110. The number of aryl methyl sites for hydroxylation is 1. The van der Waals surface area contributed by atoms with E-state index in [4.69, 9.17) is 4.42 Å². The number of benzene rings is 1. The molecule has 1 aliphatic carbocycles. The van der Waals surface area contributed by atoms with Crippen molar-refractivity contribution in [3.8, 4) is 0 Å². The van der Waals surface area contributed by atoms with Gasteiger partial charge in [0, 0.05) is 37.0 Å². The number of carbonyl (C=O) groups is 1. The number of hydrogen-bond acceptors (Lipinski definition) is 4. The molecule has 3 aromatic rings. The van der Waals surface area contributed by atoms with Crippen LogP contribution in [0.15, 0.2) is 52.3 Å². The molecular formula is C22H23F2N3O2S. The van der Waals surface area contributed by atoms with E-state index in [1.54, 1.807) is 18.3 Å². The van der Waals surface area contributed by atoms with Crippen molar-refractivity contribution >= 4 is 17.7 Å². The van der Waals surface area contributed by atoms with Crippen molar-refractivity contribution in [1.82, 2.24) is 14.9 Å². The number of hydrogen-bond donors (Lipinski definition) is 1. The number of amides is 1. The fourth-order valence-corrected chi connectivity index (χ4v) is 4.94. The van der Waals surface area contributed by atoms with Crippen LogP contribution in [-0.4, -0.2) is 22.0 Å². The van der Waals surface area contributed by atoms with Gasteiger partial charge in [0.25, 0.3) is 5.91 Å². The first-order valence-corrected chi connectivity index (χ1v) is 10.9. The average Bonchev–Trinajstić information content (AvgIpc) is 3.46. The second-order valence-corrected chi connectivity index (χ2v) is 8.58. The van der Waals surface area contributed by atoms with Crippen LogP contribution in [-0.2, 0) is 18.2 Å². The molecule has 0 atom stereocenters. The van der Waals surface area contributed by atoms with E-state index >= 15 is 0 Å². The van der Waals surface area contributed by atoms with E-state index in [9.17, 15) is 13.6 Å². The first kappa shape index (κ1) is 20.7. The van der Waals surface area contributed by atoms with Gasteiger partial charge in [0.15, 0.2) is 10.9 Å². The molecule has 2 heterocycles. The van der Waals surface area contributed by atoms with E-state index < -0.39 is 17.0 Å². The SMILES string of the molecule is Cn1ccnc1SCc1ccc(C(=O)NCC2(c3c(F)cccc3F)CCCC2)o1. The summed E-state index contributed by atoms with van der Waals surface area (Å²) in [5, 5.41) is 3.69. The van der Waals surface area contributed by atoms with Gasteiger partial charge >= 0.3 is 0 Å². The van der Waals surface area contributed by atoms with Gasteiger partial charge in [0.2, 0.25) is 0 Å². The lowest BCUT2D eigenvalue weighted by atomic mass is 9.78. The van der Waals surface area contributed by atoms with Crippen molar-refractivity contribution in [2.75, 3.05) is 6.54 Å². The monoisotopic (exact) mass is 431 g/mol. The molecule has 30 heavy (non-hydrogen) atoms. The van der Waals surface area contributed by atoms with Crippen molar-refractivity contribution in [2.24, 2.45) is 7.05 Å². The van der Waals surface area contributed by atoms with Gasteiger partial charge in [-0.05, 0) is 37.1 Å². The lowest BCUT2D eigenvalue weighted by Gasteiger charge is -2.30. The number of imidazole rings is 1. The molecule has 8 heteroatoms. The maximum Gasteiger partial charge on any atom is 0.287 e. The topological polar surface area (TPSA) is 60.1 Å². The molecule has 5 nitrogen and oxygen atoms in total. The van der Waals surface area contributed by atoms with E-state index in [-0.39, 0.29) is 23.8 Å². The highest BCUT2D eigenvalue weighted by Crippen LogP contribution is 2.42. The lowest BCUT2D eigenvalue weighted by molar-refractivity contribution is 0.0913. The second kappa shape index (κ2) is 8.63. The van der Waals surface area contributed by atoms with Gasteiger partial charge in [-0.3, -0.25) is 4.79 Å². The zero-order valence-corrected chi connectivity index (χ0v) is 17.5. The van der Waals surface area contributed by atoms with E-state index in [1.807, 2.05) is 17.8 Å². The summed E-state index contributed by atoms with van der Waals surface area (Å²) >= 11 is 1.51. The fourth-order valence-electron chi connectivity index (χ4n) is 4.11. The molecule has 1 fully saturated rings. The van der Waals surface area contributed by atoms with Crippen LogP contribution in [0.25, 0.3) is 0 Å². The third-order valence-electron chi connectivity index (χ3n) is 5.65. The van der Waals surface area contributed by atoms with Gasteiger partial charge in [0.1, 0.15) is 17.4 Å². The summed E-state index contributed by atoms with van der Waals surface area (Å²) in [6.45, 7) is 0.168. The van der Waals surface area contributed by atoms with Gasteiger partial charge in [-0.2, -0.15) is 0 Å². The summed E-state index contributed by atoms with van der Waals surface area (Å²) in [6, 6.07) is 7.29. The summed E-state index contributed by atoms with van der Waals surface area (Å²) < 4.78 is 36.5. The van der Waals surface area contributed by atoms with Crippen LogP contribution < -0.4 is 5.32 Å². The molecule has 1 aliphatic rings. The zero-order chi connectivity index (χ0) is 21.1. The quantitative estimate of drug-likeness (QED) is 0.545. The molecule has 0 saturated heterocycles. The highest BCUT2D eigenvalue weighted by molar-refractivity contribution is 7.98. The van der Waals surface area contributed by atoms with Crippen LogP contribution >= 0.6 is 11.8 Å². The molecule has 0 unspecified atom stereocenters. The van der Waals surface area contributed by atoms with E-state index in [2.05, 4.69) is 10.3 Å². The Hall–Kier alpha value is -2.61. The van der Waals surface area contributed by atoms with E-state index in [1.165, 1.54) is 30.0 Å². The van der Waals surface area contributed by atoms with Gasteiger partial charge in [0.05, 0.1) is 5.75 Å². The van der Waals surface area contributed by atoms with E-state index in [0.717, 1.165) is 18.0 Å². The predicted molar refractivity (Wildman–Crippen MR) is 110 cm³/mol. The van der Waals surface area contributed by atoms with Crippen LogP contribution in [0.4, 0.5) is 8.78 Å².